The normalized spacial score (nSPS) is 10.0. The molecule has 1 N–H and O–H groups in total. The Kier molecular flexibility index (Phi) is 5.15. The quantitative estimate of drug-likeness (QED) is 0.616. The van der Waals surface area contributed by atoms with Crippen molar-refractivity contribution < 1.29 is 9.53 Å². The summed E-state index contributed by atoms with van der Waals surface area (Å²) in [6.07, 6.45) is 0. The Morgan fingerprint density at radius 3 is 2.60 bits per heavy atom. The fourth-order valence-corrected chi connectivity index (χ4v) is 1.29. The van der Waals surface area contributed by atoms with E-state index in [-0.39, 0.29) is 5.91 Å². The lowest BCUT2D eigenvalue weighted by Gasteiger charge is -2.04. The summed E-state index contributed by atoms with van der Waals surface area (Å²) in [4.78, 5) is 11.5. The molecule has 0 saturated heterocycles. The molecule has 15 heavy (non-hydrogen) atoms. The van der Waals surface area contributed by atoms with Gasteiger partial charge in [0.2, 0.25) is 0 Å². The first-order chi connectivity index (χ1) is 7.27. The molecule has 0 unspecified atom stereocenters. The van der Waals surface area contributed by atoms with E-state index in [4.69, 9.17) is 16.3 Å². The summed E-state index contributed by atoms with van der Waals surface area (Å²) in [7, 11) is 1.60. The largest absolute Gasteiger partial charge is 0.383 e. The van der Waals surface area contributed by atoms with Crippen molar-refractivity contribution in [3.8, 4) is 0 Å². The average molecular weight is 228 g/mol. The van der Waals surface area contributed by atoms with Gasteiger partial charge < -0.3 is 10.1 Å². The van der Waals surface area contributed by atoms with Crippen LogP contribution in [0.4, 0.5) is 0 Å². The molecule has 1 rings (SSSR count). The third kappa shape index (κ3) is 3.90. The fraction of sp³-hybridized carbons (Fsp3) is 0.364. The van der Waals surface area contributed by atoms with Gasteiger partial charge in [0.25, 0.3) is 5.91 Å². The molecule has 0 aliphatic carbocycles. The number of carbonyl (C=O) groups is 1. The maximum Gasteiger partial charge on any atom is 0.251 e. The number of nitrogens with one attached hydrogen (secondary N) is 1. The summed E-state index contributed by atoms with van der Waals surface area (Å²) in [6, 6.07) is 7.22. The number of methoxy groups -OCH3 is 1. The molecular weight excluding hydrogens is 214 g/mol. The summed E-state index contributed by atoms with van der Waals surface area (Å²) in [6.45, 7) is 1.04. The lowest BCUT2D eigenvalue weighted by molar-refractivity contribution is 0.0937. The van der Waals surface area contributed by atoms with Crippen molar-refractivity contribution in [1.82, 2.24) is 5.32 Å². The van der Waals surface area contributed by atoms with E-state index < -0.39 is 0 Å². The van der Waals surface area contributed by atoms with Gasteiger partial charge in [-0.15, -0.1) is 11.6 Å². The molecule has 0 fully saturated rings. The number of alkyl halides is 1. The van der Waals surface area contributed by atoms with Crippen LogP contribution in [0.1, 0.15) is 15.9 Å². The van der Waals surface area contributed by atoms with Gasteiger partial charge in [-0.3, -0.25) is 4.79 Å². The molecule has 0 atom stereocenters. The molecule has 1 amide bonds. The van der Waals surface area contributed by atoms with Gasteiger partial charge in [-0.2, -0.15) is 0 Å². The molecule has 0 aliphatic rings. The van der Waals surface area contributed by atoms with E-state index in [2.05, 4.69) is 5.32 Å². The summed E-state index contributed by atoms with van der Waals surface area (Å²) in [5.74, 6) is 0.374. The van der Waals surface area contributed by atoms with Crippen LogP contribution in [0.5, 0.6) is 0 Å². The van der Waals surface area contributed by atoms with Crippen LogP contribution in [0.2, 0.25) is 0 Å². The topological polar surface area (TPSA) is 38.3 Å². The Morgan fingerprint density at radius 1 is 1.40 bits per heavy atom. The molecule has 1 aromatic rings. The van der Waals surface area contributed by atoms with E-state index in [1.807, 2.05) is 12.1 Å². The van der Waals surface area contributed by atoms with Crippen molar-refractivity contribution in [1.29, 1.82) is 0 Å². The highest BCUT2D eigenvalue weighted by atomic mass is 35.5. The Bertz CT molecular complexity index is 311. The molecule has 82 valence electrons. The van der Waals surface area contributed by atoms with Crippen molar-refractivity contribution in [2.24, 2.45) is 0 Å². The molecule has 4 heteroatoms. The van der Waals surface area contributed by atoms with Crippen LogP contribution in [0, 0.1) is 0 Å². The number of rotatable bonds is 5. The second-order valence-electron chi connectivity index (χ2n) is 3.08. The van der Waals surface area contributed by atoms with Crippen molar-refractivity contribution in [3.05, 3.63) is 35.4 Å². The molecule has 0 heterocycles. The first kappa shape index (κ1) is 12.0. The predicted octanol–water partition coefficient (Wildman–Crippen LogP) is 1.80. The van der Waals surface area contributed by atoms with E-state index >= 15 is 0 Å². The fourth-order valence-electron chi connectivity index (χ4n) is 1.11. The van der Waals surface area contributed by atoms with Gasteiger partial charge >= 0.3 is 0 Å². The van der Waals surface area contributed by atoms with Crippen LogP contribution in [-0.4, -0.2) is 26.2 Å². The molecule has 0 aliphatic heterocycles. The van der Waals surface area contributed by atoms with Gasteiger partial charge in [-0.05, 0) is 17.7 Å². The average Bonchev–Trinajstić information content (AvgIpc) is 2.29. The zero-order valence-electron chi connectivity index (χ0n) is 8.63. The number of amides is 1. The van der Waals surface area contributed by atoms with E-state index in [1.54, 1.807) is 19.2 Å². The monoisotopic (exact) mass is 227 g/mol. The summed E-state index contributed by atoms with van der Waals surface area (Å²) in [5, 5.41) is 2.74. The Hall–Kier alpha value is -1.06. The minimum absolute atomic E-state index is 0.0897. The summed E-state index contributed by atoms with van der Waals surface area (Å²) in [5.41, 5.74) is 1.64. The van der Waals surface area contributed by atoms with E-state index in [1.165, 1.54) is 0 Å². The van der Waals surface area contributed by atoms with Crippen LogP contribution in [0.25, 0.3) is 0 Å². The Labute approximate surface area is 94.4 Å². The molecule has 1 aromatic carbocycles. The highest BCUT2D eigenvalue weighted by Crippen LogP contribution is 2.06. The standard InChI is InChI=1S/C11H14ClNO2/c1-15-7-6-13-11(14)10-4-2-9(8-12)3-5-10/h2-5H,6-8H2,1H3,(H,13,14). The van der Waals surface area contributed by atoms with Gasteiger partial charge in [0.05, 0.1) is 6.61 Å². The van der Waals surface area contributed by atoms with Crippen molar-refractivity contribution in [2.45, 2.75) is 5.88 Å². The summed E-state index contributed by atoms with van der Waals surface area (Å²) >= 11 is 5.64. The Balaban J connectivity index is 2.50. The smallest absolute Gasteiger partial charge is 0.251 e. The molecule has 3 nitrogen and oxygen atoms in total. The van der Waals surface area contributed by atoms with E-state index in [9.17, 15) is 4.79 Å². The molecule has 0 spiro atoms. The molecule has 0 saturated carbocycles. The van der Waals surface area contributed by atoms with Crippen LogP contribution in [-0.2, 0) is 10.6 Å². The molecule has 0 bridgehead atoms. The van der Waals surface area contributed by atoms with Gasteiger partial charge in [0.1, 0.15) is 0 Å². The first-order valence-corrected chi connectivity index (χ1v) is 5.23. The number of hydrogen-bond acceptors (Lipinski definition) is 2. The van der Waals surface area contributed by atoms with Gasteiger partial charge in [0, 0.05) is 25.1 Å². The SMILES string of the molecule is COCCNC(=O)c1ccc(CCl)cc1. The minimum atomic E-state index is -0.0897. The lowest BCUT2D eigenvalue weighted by Crippen LogP contribution is -2.26. The highest BCUT2D eigenvalue weighted by Gasteiger charge is 2.03. The zero-order chi connectivity index (χ0) is 11.1. The van der Waals surface area contributed by atoms with E-state index in [0.717, 1.165) is 5.56 Å². The van der Waals surface area contributed by atoms with Crippen LogP contribution in [0.3, 0.4) is 0 Å². The second kappa shape index (κ2) is 6.43. The van der Waals surface area contributed by atoms with Gasteiger partial charge in [-0.25, -0.2) is 0 Å². The molecular formula is C11H14ClNO2. The van der Waals surface area contributed by atoms with Crippen molar-refractivity contribution in [3.63, 3.8) is 0 Å². The Morgan fingerprint density at radius 2 is 2.07 bits per heavy atom. The van der Waals surface area contributed by atoms with Crippen LogP contribution in [0.15, 0.2) is 24.3 Å². The van der Waals surface area contributed by atoms with Gasteiger partial charge in [0.15, 0.2) is 0 Å². The third-order valence-corrected chi connectivity index (χ3v) is 2.27. The number of hydrogen-bond donors (Lipinski definition) is 1. The maximum atomic E-state index is 11.5. The maximum absolute atomic E-state index is 11.5. The third-order valence-electron chi connectivity index (χ3n) is 1.96. The van der Waals surface area contributed by atoms with Crippen LogP contribution >= 0.6 is 11.6 Å². The zero-order valence-corrected chi connectivity index (χ0v) is 9.38. The number of carbonyl (C=O) groups excluding carboxylic acids is 1. The number of halogens is 1. The van der Waals surface area contributed by atoms with Crippen molar-refractivity contribution in [2.75, 3.05) is 20.3 Å². The lowest BCUT2D eigenvalue weighted by atomic mass is 10.1. The first-order valence-electron chi connectivity index (χ1n) is 4.70. The molecule has 0 aromatic heterocycles. The van der Waals surface area contributed by atoms with E-state index in [0.29, 0.717) is 24.6 Å². The van der Waals surface area contributed by atoms with Crippen LogP contribution < -0.4 is 5.32 Å². The van der Waals surface area contributed by atoms with Crippen molar-refractivity contribution >= 4 is 17.5 Å². The second-order valence-corrected chi connectivity index (χ2v) is 3.35. The number of ether oxygens (including phenoxy) is 1. The molecule has 0 radical (unpaired) electrons. The predicted molar refractivity (Wildman–Crippen MR) is 60.2 cm³/mol. The minimum Gasteiger partial charge on any atom is -0.383 e. The summed E-state index contributed by atoms with van der Waals surface area (Å²) < 4.78 is 4.83. The highest BCUT2D eigenvalue weighted by molar-refractivity contribution is 6.17. The van der Waals surface area contributed by atoms with Gasteiger partial charge in [-0.1, -0.05) is 12.1 Å². The number of benzene rings is 1.